The van der Waals surface area contributed by atoms with E-state index in [1.807, 2.05) is 0 Å². The number of hydrogen-bond donors (Lipinski definition) is 1. The molecule has 3 nitrogen and oxygen atoms in total. The predicted octanol–water partition coefficient (Wildman–Crippen LogP) is 3.04. The zero-order valence-corrected chi connectivity index (χ0v) is 10.6. The molecule has 1 N–H and O–H groups in total. The minimum Gasteiger partial charge on any atom is -0.390 e. The number of aliphatic hydroxyl groups excluding tert-OH is 1. The number of benzene rings is 1. The second kappa shape index (κ2) is 6.42. The van der Waals surface area contributed by atoms with E-state index in [1.54, 1.807) is 25.1 Å². The van der Waals surface area contributed by atoms with Crippen LogP contribution in [0, 0.1) is 0 Å². The maximum absolute atomic E-state index is 9.63. The lowest BCUT2D eigenvalue weighted by atomic mass is 10.1. The zero-order chi connectivity index (χ0) is 12.1. The van der Waals surface area contributed by atoms with Crippen molar-refractivity contribution in [1.29, 1.82) is 0 Å². The van der Waals surface area contributed by atoms with Crippen molar-refractivity contribution < 1.29 is 14.6 Å². The van der Waals surface area contributed by atoms with E-state index in [9.17, 15) is 5.11 Å². The fourth-order valence-corrected chi connectivity index (χ4v) is 1.77. The Hall–Kier alpha value is -0.320. The molecule has 0 saturated heterocycles. The summed E-state index contributed by atoms with van der Waals surface area (Å²) in [5.74, 6) is 0. The molecule has 0 amide bonds. The second-order valence-corrected chi connectivity index (χ2v) is 4.24. The molecule has 5 heteroatoms. The van der Waals surface area contributed by atoms with E-state index >= 15 is 0 Å². The van der Waals surface area contributed by atoms with Gasteiger partial charge >= 0.3 is 0 Å². The molecule has 2 atom stereocenters. The van der Waals surface area contributed by atoms with Crippen LogP contribution in [0.25, 0.3) is 0 Å². The average molecular weight is 265 g/mol. The van der Waals surface area contributed by atoms with Gasteiger partial charge in [0.05, 0.1) is 6.10 Å². The summed E-state index contributed by atoms with van der Waals surface area (Å²) >= 11 is 11.9. The summed E-state index contributed by atoms with van der Waals surface area (Å²) in [6.07, 6.45) is -1.25. The number of halogens is 2. The van der Waals surface area contributed by atoms with E-state index < -0.39 is 12.2 Å². The highest BCUT2D eigenvalue weighted by molar-refractivity contribution is 6.33. The van der Waals surface area contributed by atoms with Crippen LogP contribution in [0.5, 0.6) is 0 Å². The summed E-state index contributed by atoms with van der Waals surface area (Å²) in [5.41, 5.74) is 0.654. The SMILES string of the molecule is COCO[C@@H](c1cc(Cl)ccc1Cl)[C@H](C)O. The number of methoxy groups -OCH3 is 1. The Morgan fingerprint density at radius 1 is 1.38 bits per heavy atom. The summed E-state index contributed by atoms with van der Waals surface area (Å²) in [7, 11) is 1.51. The quantitative estimate of drug-likeness (QED) is 0.831. The molecule has 0 saturated carbocycles. The van der Waals surface area contributed by atoms with Gasteiger partial charge in [-0.2, -0.15) is 0 Å². The zero-order valence-electron chi connectivity index (χ0n) is 9.11. The molecule has 16 heavy (non-hydrogen) atoms. The van der Waals surface area contributed by atoms with Crippen LogP contribution in [0.3, 0.4) is 0 Å². The largest absolute Gasteiger partial charge is 0.390 e. The van der Waals surface area contributed by atoms with Crippen LogP contribution in [0.2, 0.25) is 10.0 Å². The standard InChI is InChI=1S/C11H14Cl2O3/c1-7(14)11(16-6-15-2)9-5-8(12)3-4-10(9)13/h3-5,7,11,14H,6H2,1-2H3/t7-,11+/m0/s1. The third-order valence-electron chi connectivity index (χ3n) is 2.07. The smallest absolute Gasteiger partial charge is 0.147 e. The van der Waals surface area contributed by atoms with E-state index in [-0.39, 0.29) is 6.79 Å². The first-order valence-corrected chi connectivity index (χ1v) is 5.55. The highest BCUT2D eigenvalue weighted by Gasteiger charge is 2.21. The van der Waals surface area contributed by atoms with Gasteiger partial charge in [0.1, 0.15) is 12.9 Å². The van der Waals surface area contributed by atoms with E-state index in [0.717, 1.165) is 0 Å². The Balaban J connectivity index is 2.95. The molecule has 1 rings (SSSR count). The molecular formula is C11H14Cl2O3. The Morgan fingerprint density at radius 3 is 2.62 bits per heavy atom. The van der Waals surface area contributed by atoms with Gasteiger partial charge in [0.2, 0.25) is 0 Å². The Bertz CT molecular complexity index is 342. The van der Waals surface area contributed by atoms with Gasteiger partial charge in [-0.15, -0.1) is 0 Å². The molecule has 0 unspecified atom stereocenters. The lowest BCUT2D eigenvalue weighted by Gasteiger charge is -2.21. The van der Waals surface area contributed by atoms with E-state index in [1.165, 1.54) is 7.11 Å². The van der Waals surface area contributed by atoms with Crippen LogP contribution < -0.4 is 0 Å². The van der Waals surface area contributed by atoms with Crippen LogP contribution in [0.15, 0.2) is 18.2 Å². The highest BCUT2D eigenvalue weighted by Crippen LogP contribution is 2.30. The Labute approximate surface area is 105 Å². The third kappa shape index (κ3) is 3.61. The second-order valence-electron chi connectivity index (χ2n) is 3.40. The van der Waals surface area contributed by atoms with Gasteiger partial charge < -0.3 is 14.6 Å². The molecule has 1 aromatic rings. The molecule has 0 radical (unpaired) electrons. The van der Waals surface area contributed by atoms with Crippen LogP contribution in [0.4, 0.5) is 0 Å². The molecule has 0 aromatic heterocycles. The van der Waals surface area contributed by atoms with Gasteiger partial charge in [0.15, 0.2) is 0 Å². The van der Waals surface area contributed by atoms with E-state index in [2.05, 4.69) is 0 Å². The molecule has 1 aromatic carbocycles. The first-order valence-electron chi connectivity index (χ1n) is 4.79. The number of ether oxygens (including phenoxy) is 2. The molecule has 0 aliphatic carbocycles. The maximum atomic E-state index is 9.63. The molecule has 0 heterocycles. The Morgan fingerprint density at radius 2 is 2.06 bits per heavy atom. The van der Waals surface area contributed by atoms with Gasteiger partial charge in [-0.1, -0.05) is 23.2 Å². The fraction of sp³-hybridized carbons (Fsp3) is 0.455. The van der Waals surface area contributed by atoms with Crippen molar-refractivity contribution in [2.45, 2.75) is 19.1 Å². The van der Waals surface area contributed by atoms with Crippen molar-refractivity contribution in [2.75, 3.05) is 13.9 Å². The minimum absolute atomic E-state index is 0.0818. The first kappa shape index (κ1) is 13.7. The lowest BCUT2D eigenvalue weighted by molar-refractivity contribution is -0.110. The topological polar surface area (TPSA) is 38.7 Å². The molecular weight excluding hydrogens is 251 g/mol. The maximum Gasteiger partial charge on any atom is 0.147 e. The summed E-state index contributed by atoms with van der Waals surface area (Å²) in [6.45, 7) is 1.70. The minimum atomic E-state index is -0.703. The van der Waals surface area contributed by atoms with Crippen LogP contribution in [-0.2, 0) is 9.47 Å². The van der Waals surface area contributed by atoms with Crippen molar-refractivity contribution >= 4 is 23.2 Å². The molecule has 0 aliphatic heterocycles. The first-order chi connectivity index (χ1) is 7.56. The van der Waals surface area contributed by atoms with Gasteiger partial charge in [-0.3, -0.25) is 0 Å². The van der Waals surface area contributed by atoms with Gasteiger partial charge in [-0.05, 0) is 25.1 Å². The lowest BCUT2D eigenvalue weighted by Crippen LogP contribution is -2.19. The van der Waals surface area contributed by atoms with Crippen molar-refractivity contribution in [2.24, 2.45) is 0 Å². The van der Waals surface area contributed by atoms with Crippen LogP contribution in [-0.4, -0.2) is 25.1 Å². The Kier molecular flexibility index (Phi) is 5.52. The fourth-order valence-electron chi connectivity index (χ4n) is 1.36. The van der Waals surface area contributed by atoms with Crippen LogP contribution >= 0.6 is 23.2 Å². The van der Waals surface area contributed by atoms with E-state index in [4.69, 9.17) is 32.7 Å². The highest BCUT2D eigenvalue weighted by atomic mass is 35.5. The predicted molar refractivity (Wildman–Crippen MR) is 63.8 cm³/mol. The molecule has 0 bridgehead atoms. The van der Waals surface area contributed by atoms with Gasteiger partial charge in [0.25, 0.3) is 0 Å². The molecule has 0 fully saturated rings. The number of hydrogen-bond acceptors (Lipinski definition) is 3. The normalized spacial score (nSPS) is 14.8. The third-order valence-corrected chi connectivity index (χ3v) is 2.65. The molecule has 0 spiro atoms. The van der Waals surface area contributed by atoms with E-state index in [0.29, 0.717) is 15.6 Å². The van der Waals surface area contributed by atoms with Crippen LogP contribution in [0.1, 0.15) is 18.6 Å². The molecule has 90 valence electrons. The number of aliphatic hydroxyl groups is 1. The summed E-state index contributed by atoms with van der Waals surface area (Å²) in [6, 6.07) is 5.03. The van der Waals surface area contributed by atoms with Crippen molar-refractivity contribution in [3.8, 4) is 0 Å². The number of rotatable bonds is 5. The van der Waals surface area contributed by atoms with Crippen molar-refractivity contribution in [3.63, 3.8) is 0 Å². The monoisotopic (exact) mass is 264 g/mol. The average Bonchev–Trinajstić information content (AvgIpc) is 2.23. The summed E-state index contributed by atoms with van der Waals surface area (Å²) < 4.78 is 10.2. The van der Waals surface area contributed by atoms with Crippen molar-refractivity contribution in [3.05, 3.63) is 33.8 Å². The summed E-state index contributed by atoms with van der Waals surface area (Å²) in [5, 5.41) is 10.7. The summed E-state index contributed by atoms with van der Waals surface area (Å²) in [4.78, 5) is 0. The van der Waals surface area contributed by atoms with Crippen molar-refractivity contribution in [1.82, 2.24) is 0 Å². The molecule has 0 aliphatic rings. The van der Waals surface area contributed by atoms with Gasteiger partial charge in [-0.25, -0.2) is 0 Å². The van der Waals surface area contributed by atoms with Gasteiger partial charge in [0, 0.05) is 22.7 Å².